The Morgan fingerprint density at radius 3 is 2.61 bits per heavy atom. The molecule has 2 aromatic carbocycles. The topological polar surface area (TPSA) is 92.6 Å². The van der Waals surface area contributed by atoms with Crippen LogP contribution in [0.1, 0.15) is 50.6 Å². The van der Waals surface area contributed by atoms with E-state index < -0.39 is 17.7 Å². The first-order valence-electron chi connectivity index (χ1n) is 12.2. The Bertz CT molecular complexity index is 1590. The van der Waals surface area contributed by atoms with Crippen molar-refractivity contribution in [2.24, 2.45) is 0 Å². The second kappa shape index (κ2) is 9.85. The number of carbonyl (C=O) groups is 2. The first kappa shape index (κ1) is 25.9. The number of hydrogen-bond donors (Lipinski definition) is 1. The molecule has 2 aromatic heterocycles. The number of thiazole rings is 1. The Kier molecular flexibility index (Phi) is 6.71. The van der Waals surface area contributed by atoms with Crippen molar-refractivity contribution < 1.29 is 19.4 Å². The number of carbonyl (C=O) groups excluding carboxylic acids is 2. The molecule has 5 rings (SSSR count). The molecule has 7 nitrogen and oxygen atoms in total. The van der Waals surface area contributed by atoms with Crippen LogP contribution in [0.15, 0.2) is 66.4 Å². The van der Waals surface area contributed by atoms with Crippen LogP contribution in [-0.4, -0.2) is 33.4 Å². The predicted molar refractivity (Wildman–Crippen MR) is 150 cm³/mol. The van der Waals surface area contributed by atoms with Gasteiger partial charge in [0.2, 0.25) is 0 Å². The molecule has 3 heterocycles. The maximum atomic E-state index is 13.5. The van der Waals surface area contributed by atoms with E-state index in [0.717, 1.165) is 15.8 Å². The predicted octanol–water partition coefficient (Wildman–Crippen LogP) is 6.67. The fraction of sp³-hybridized carbons (Fsp3) is 0.241. The number of ether oxygens (including phenoxy) is 1. The number of fused-ring (bicyclic) bond motifs is 1. The largest absolute Gasteiger partial charge is 0.507 e. The third-order valence-corrected chi connectivity index (χ3v) is 7.70. The lowest BCUT2D eigenvalue weighted by atomic mass is 9.87. The molecule has 38 heavy (non-hydrogen) atoms. The van der Waals surface area contributed by atoms with E-state index in [1.54, 1.807) is 42.6 Å². The molecule has 1 amide bonds. The van der Waals surface area contributed by atoms with Crippen molar-refractivity contribution in [1.29, 1.82) is 0 Å². The van der Waals surface area contributed by atoms with Gasteiger partial charge in [0.15, 0.2) is 5.13 Å². The van der Waals surface area contributed by atoms with Crippen LogP contribution in [0.25, 0.3) is 16.0 Å². The van der Waals surface area contributed by atoms with Gasteiger partial charge in [0.1, 0.15) is 17.6 Å². The molecule has 1 fully saturated rings. The van der Waals surface area contributed by atoms with Gasteiger partial charge in [-0.3, -0.25) is 19.5 Å². The van der Waals surface area contributed by atoms with Crippen LogP contribution in [0.2, 0.25) is 5.02 Å². The van der Waals surface area contributed by atoms with Crippen molar-refractivity contribution in [2.45, 2.75) is 39.2 Å². The van der Waals surface area contributed by atoms with E-state index in [1.807, 2.05) is 19.1 Å². The highest BCUT2D eigenvalue weighted by Crippen LogP contribution is 2.44. The minimum atomic E-state index is -0.968. The average molecular weight is 548 g/mol. The van der Waals surface area contributed by atoms with Crippen molar-refractivity contribution >= 4 is 55.7 Å². The molecular weight excluding hydrogens is 522 g/mol. The van der Waals surface area contributed by atoms with Crippen molar-refractivity contribution in [2.75, 3.05) is 11.5 Å². The van der Waals surface area contributed by atoms with Gasteiger partial charge in [-0.25, -0.2) is 4.98 Å². The van der Waals surface area contributed by atoms with Crippen molar-refractivity contribution in [3.05, 3.63) is 88.2 Å². The third kappa shape index (κ3) is 4.54. The number of amides is 1. The summed E-state index contributed by atoms with van der Waals surface area (Å²) in [6, 6.07) is 15.0. The van der Waals surface area contributed by atoms with Gasteiger partial charge in [0.25, 0.3) is 5.78 Å². The van der Waals surface area contributed by atoms with Crippen LogP contribution in [0.3, 0.4) is 0 Å². The van der Waals surface area contributed by atoms with Crippen LogP contribution in [0.4, 0.5) is 5.13 Å². The molecule has 0 saturated carbocycles. The van der Waals surface area contributed by atoms with Crippen molar-refractivity contribution in [1.82, 2.24) is 9.97 Å². The Morgan fingerprint density at radius 2 is 1.92 bits per heavy atom. The van der Waals surface area contributed by atoms with E-state index >= 15 is 0 Å². The number of anilines is 1. The second-order valence-electron chi connectivity index (χ2n) is 9.93. The zero-order chi connectivity index (χ0) is 27.2. The first-order chi connectivity index (χ1) is 18.1. The fourth-order valence-electron chi connectivity index (χ4n) is 4.40. The quantitative estimate of drug-likeness (QED) is 0.170. The summed E-state index contributed by atoms with van der Waals surface area (Å²) in [6.07, 6.45) is 1.58. The molecule has 0 bridgehead atoms. The van der Waals surface area contributed by atoms with Crippen LogP contribution in [-0.2, 0) is 15.0 Å². The molecule has 1 unspecified atom stereocenters. The smallest absolute Gasteiger partial charge is 0.301 e. The maximum Gasteiger partial charge on any atom is 0.301 e. The zero-order valence-corrected chi connectivity index (χ0v) is 22.9. The van der Waals surface area contributed by atoms with Gasteiger partial charge in [-0.15, -0.1) is 0 Å². The van der Waals surface area contributed by atoms with E-state index in [1.165, 1.54) is 16.2 Å². The van der Waals surface area contributed by atoms with E-state index in [2.05, 4.69) is 31.8 Å². The van der Waals surface area contributed by atoms with Crippen molar-refractivity contribution in [3.8, 4) is 5.75 Å². The monoisotopic (exact) mass is 547 g/mol. The molecule has 1 saturated heterocycles. The van der Waals surface area contributed by atoms with Gasteiger partial charge in [0.05, 0.1) is 33.1 Å². The molecule has 0 radical (unpaired) electrons. The SMILES string of the molecule is CCOc1cc(/C(O)=C2\C(=O)C(=O)N(c3nc4ccc(C(C)(C)C)cc4s3)C2c2ccccn2)ccc1Cl. The van der Waals surface area contributed by atoms with Gasteiger partial charge < -0.3 is 9.84 Å². The summed E-state index contributed by atoms with van der Waals surface area (Å²) in [5.74, 6) is -1.57. The van der Waals surface area contributed by atoms with Crippen LogP contribution in [0, 0.1) is 0 Å². The van der Waals surface area contributed by atoms with Gasteiger partial charge >= 0.3 is 5.91 Å². The van der Waals surface area contributed by atoms with Gasteiger partial charge in [-0.1, -0.05) is 55.8 Å². The molecule has 1 N–H and O–H groups in total. The highest BCUT2D eigenvalue weighted by atomic mass is 35.5. The van der Waals surface area contributed by atoms with E-state index in [9.17, 15) is 14.7 Å². The summed E-state index contributed by atoms with van der Waals surface area (Å²) in [6.45, 7) is 8.57. The van der Waals surface area contributed by atoms with E-state index in [4.69, 9.17) is 21.3 Å². The molecule has 9 heteroatoms. The maximum absolute atomic E-state index is 13.5. The molecule has 194 valence electrons. The minimum Gasteiger partial charge on any atom is -0.507 e. The lowest BCUT2D eigenvalue weighted by molar-refractivity contribution is -0.132. The minimum absolute atomic E-state index is 0.0606. The summed E-state index contributed by atoms with van der Waals surface area (Å²) in [4.78, 5) is 37.4. The first-order valence-corrected chi connectivity index (χ1v) is 13.3. The summed E-state index contributed by atoms with van der Waals surface area (Å²) in [7, 11) is 0. The molecule has 1 aliphatic heterocycles. The molecule has 1 atom stereocenters. The number of pyridine rings is 1. The van der Waals surface area contributed by atoms with Gasteiger partial charge in [-0.05, 0) is 60.4 Å². The number of hydrogen-bond acceptors (Lipinski definition) is 7. The second-order valence-corrected chi connectivity index (χ2v) is 11.3. The summed E-state index contributed by atoms with van der Waals surface area (Å²) in [5.41, 5.74) is 2.45. The Hall–Kier alpha value is -3.75. The number of aliphatic hydroxyl groups is 1. The highest BCUT2D eigenvalue weighted by molar-refractivity contribution is 7.22. The lowest BCUT2D eigenvalue weighted by Crippen LogP contribution is -2.29. The average Bonchev–Trinajstić information content (AvgIpc) is 3.43. The molecule has 0 aliphatic carbocycles. The standard InChI is InChI=1S/C29H26ClN3O4S/c1-5-37-21-14-16(9-11-18(21)30)25(34)23-24(20-8-6-7-13-31-20)33(27(36)26(23)35)28-32-19-12-10-17(29(2,3)4)15-22(19)38-28/h6-15,24,34H,5H2,1-4H3/b25-23+. The van der Waals surface area contributed by atoms with Crippen LogP contribution in [0.5, 0.6) is 5.75 Å². The number of benzene rings is 2. The number of halogens is 1. The van der Waals surface area contributed by atoms with E-state index in [-0.39, 0.29) is 16.7 Å². The molecule has 1 aliphatic rings. The summed E-state index contributed by atoms with van der Waals surface area (Å²) in [5, 5.41) is 12.1. The summed E-state index contributed by atoms with van der Waals surface area (Å²) >= 11 is 7.55. The highest BCUT2D eigenvalue weighted by Gasteiger charge is 2.49. The Morgan fingerprint density at radius 1 is 1.13 bits per heavy atom. The molecule has 4 aromatic rings. The third-order valence-electron chi connectivity index (χ3n) is 6.37. The number of aromatic nitrogens is 2. The van der Waals surface area contributed by atoms with Gasteiger partial charge in [-0.2, -0.15) is 0 Å². The van der Waals surface area contributed by atoms with E-state index in [0.29, 0.717) is 33.8 Å². The number of rotatable bonds is 5. The number of nitrogens with zero attached hydrogens (tertiary/aromatic N) is 3. The fourth-order valence-corrected chi connectivity index (χ4v) is 5.61. The number of aliphatic hydroxyl groups excluding tert-OH is 1. The van der Waals surface area contributed by atoms with Crippen LogP contribution < -0.4 is 9.64 Å². The number of ketones is 1. The summed E-state index contributed by atoms with van der Waals surface area (Å²) < 4.78 is 6.45. The molecular formula is C29H26ClN3O4S. The zero-order valence-electron chi connectivity index (χ0n) is 21.4. The number of Topliss-reactive ketones (excluding diaryl/α,β-unsaturated/α-hetero) is 1. The van der Waals surface area contributed by atoms with Crippen LogP contribution >= 0.6 is 22.9 Å². The normalized spacial score (nSPS) is 17.4. The Labute approximate surface area is 229 Å². The molecule has 0 spiro atoms. The Balaban J connectivity index is 1.68. The van der Waals surface area contributed by atoms with Gasteiger partial charge in [0, 0.05) is 11.8 Å². The van der Waals surface area contributed by atoms with Crippen molar-refractivity contribution in [3.63, 3.8) is 0 Å². The lowest BCUT2D eigenvalue weighted by Gasteiger charge is -2.22.